The molecule has 3 nitrogen and oxygen atoms in total. The summed E-state index contributed by atoms with van der Waals surface area (Å²) >= 11 is 0. The number of hydrogen-bond donors (Lipinski definition) is 1. The van der Waals surface area contributed by atoms with Crippen LogP contribution < -0.4 is 5.32 Å². The molecule has 0 saturated heterocycles. The third-order valence-electron chi connectivity index (χ3n) is 2.57. The van der Waals surface area contributed by atoms with Gasteiger partial charge in [-0.05, 0) is 30.7 Å². The van der Waals surface area contributed by atoms with Crippen molar-refractivity contribution in [2.45, 2.75) is 6.92 Å². The van der Waals surface area contributed by atoms with Crippen LogP contribution in [0.1, 0.15) is 15.9 Å². The van der Waals surface area contributed by atoms with Gasteiger partial charge in [0.25, 0.3) is 5.91 Å². The third kappa shape index (κ3) is 2.57. The molecule has 0 fully saturated rings. The van der Waals surface area contributed by atoms with Crippen molar-refractivity contribution in [2.75, 3.05) is 5.32 Å². The van der Waals surface area contributed by atoms with E-state index in [2.05, 4.69) is 10.3 Å². The van der Waals surface area contributed by atoms with Crippen LogP contribution in [0.5, 0.6) is 0 Å². The van der Waals surface area contributed by atoms with E-state index < -0.39 is 29.0 Å². The lowest BCUT2D eigenvalue weighted by Gasteiger charge is -2.08. The van der Waals surface area contributed by atoms with Gasteiger partial charge in [-0.15, -0.1) is 0 Å². The van der Waals surface area contributed by atoms with Crippen LogP contribution in [0.2, 0.25) is 0 Å². The summed E-state index contributed by atoms with van der Waals surface area (Å²) in [5.74, 6) is -5.01. The number of hydrogen-bond acceptors (Lipinski definition) is 2. The molecule has 19 heavy (non-hydrogen) atoms. The van der Waals surface area contributed by atoms with Crippen LogP contribution in [0.15, 0.2) is 30.6 Å². The number of anilines is 1. The Balaban J connectivity index is 2.30. The maximum atomic E-state index is 13.4. The van der Waals surface area contributed by atoms with Crippen LogP contribution in [0.25, 0.3) is 0 Å². The maximum absolute atomic E-state index is 13.4. The number of carbonyl (C=O) groups is 1. The molecule has 1 amide bonds. The molecule has 98 valence electrons. The standard InChI is InChI=1S/C13H9F3N2O/c1-7-4-5-17-6-8(7)13(19)18-10-3-2-9(14)11(15)12(10)16/h2-6H,1H3,(H,18,19). The molecule has 2 aromatic rings. The molecule has 1 aromatic carbocycles. The Morgan fingerprint density at radius 1 is 1.16 bits per heavy atom. The Hall–Kier alpha value is -2.37. The summed E-state index contributed by atoms with van der Waals surface area (Å²) in [6.45, 7) is 1.68. The summed E-state index contributed by atoms with van der Waals surface area (Å²) in [4.78, 5) is 15.6. The highest BCUT2D eigenvalue weighted by Crippen LogP contribution is 2.20. The van der Waals surface area contributed by atoms with Gasteiger partial charge in [0.15, 0.2) is 17.5 Å². The molecule has 0 aliphatic rings. The SMILES string of the molecule is Cc1ccncc1C(=O)Nc1ccc(F)c(F)c1F. The second kappa shape index (κ2) is 5.09. The van der Waals surface area contributed by atoms with Crippen LogP contribution in [-0.2, 0) is 0 Å². The van der Waals surface area contributed by atoms with E-state index in [1.165, 1.54) is 12.4 Å². The molecule has 0 unspecified atom stereocenters. The van der Waals surface area contributed by atoms with Gasteiger partial charge in [0.2, 0.25) is 0 Å². The molecule has 1 heterocycles. The molecule has 1 aromatic heterocycles. The predicted octanol–water partition coefficient (Wildman–Crippen LogP) is 3.06. The molecule has 0 bridgehead atoms. The van der Waals surface area contributed by atoms with E-state index in [9.17, 15) is 18.0 Å². The number of aromatic nitrogens is 1. The van der Waals surface area contributed by atoms with Gasteiger partial charge < -0.3 is 5.32 Å². The van der Waals surface area contributed by atoms with Gasteiger partial charge >= 0.3 is 0 Å². The molecular formula is C13H9F3N2O. The van der Waals surface area contributed by atoms with Crippen LogP contribution in [-0.4, -0.2) is 10.9 Å². The highest BCUT2D eigenvalue weighted by Gasteiger charge is 2.16. The fourth-order valence-corrected chi connectivity index (χ4v) is 1.51. The van der Waals surface area contributed by atoms with Gasteiger partial charge in [0.1, 0.15) is 0 Å². The smallest absolute Gasteiger partial charge is 0.257 e. The maximum Gasteiger partial charge on any atom is 0.257 e. The average Bonchev–Trinajstić information content (AvgIpc) is 2.40. The zero-order chi connectivity index (χ0) is 14.0. The predicted molar refractivity (Wildman–Crippen MR) is 63.2 cm³/mol. The van der Waals surface area contributed by atoms with Gasteiger partial charge in [-0.3, -0.25) is 9.78 Å². The average molecular weight is 266 g/mol. The Labute approximate surface area is 107 Å². The Kier molecular flexibility index (Phi) is 3.50. The molecule has 0 spiro atoms. The first-order valence-corrected chi connectivity index (χ1v) is 5.36. The summed E-state index contributed by atoms with van der Waals surface area (Å²) in [5, 5.41) is 2.17. The monoisotopic (exact) mass is 266 g/mol. The van der Waals surface area contributed by atoms with Crippen LogP contribution >= 0.6 is 0 Å². The molecule has 2 rings (SSSR count). The van der Waals surface area contributed by atoms with E-state index in [1.54, 1.807) is 13.0 Å². The van der Waals surface area contributed by atoms with Crippen molar-refractivity contribution in [3.63, 3.8) is 0 Å². The number of halogens is 3. The first-order chi connectivity index (χ1) is 9.00. The third-order valence-corrected chi connectivity index (χ3v) is 2.57. The number of aryl methyl sites for hydroxylation is 1. The summed E-state index contributed by atoms with van der Waals surface area (Å²) < 4.78 is 39.1. The van der Waals surface area contributed by atoms with E-state index in [0.717, 1.165) is 12.1 Å². The van der Waals surface area contributed by atoms with Gasteiger partial charge in [0, 0.05) is 12.4 Å². The number of nitrogens with one attached hydrogen (secondary N) is 1. The molecule has 1 N–H and O–H groups in total. The van der Waals surface area contributed by atoms with E-state index in [4.69, 9.17) is 0 Å². The van der Waals surface area contributed by atoms with Crippen molar-refractivity contribution in [1.82, 2.24) is 4.98 Å². The Morgan fingerprint density at radius 2 is 1.89 bits per heavy atom. The molecule has 0 aliphatic heterocycles. The lowest BCUT2D eigenvalue weighted by molar-refractivity contribution is 0.102. The molecule has 6 heteroatoms. The van der Waals surface area contributed by atoms with Gasteiger partial charge in [-0.1, -0.05) is 0 Å². The molecule has 0 aliphatic carbocycles. The topological polar surface area (TPSA) is 42.0 Å². The minimum atomic E-state index is -1.62. The highest BCUT2D eigenvalue weighted by molar-refractivity contribution is 6.05. The molecule has 0 atom stereocenters. The number of rotatable bonds is 2. The fourth-order valence-electron chi connectivity index (χ4n) is 1.51. The minimum absolute atomic E-state index is 0.228. The summed E-state index contributed by atoms with van der Waals surface area (Å²) in [6, 6.07) is 3.30. The summed E-state index contributed by atoms with van der Waals surface area (Å²) in [5.41, 5.74) is 0.439. The quantitative estimate of drug-likeness (QED) is 0.849. The summed E-state index contributed by atoms with van der Waals surface area (Å²) in [7, 11) is 0. The largest absolute Gasteiger partial charge is 0.319 e. The summed E-state index contributed by atoms with van der Waals surface area (Å²) in [6.07, 6.45) is 2.81. The van der Waals surface area contributed by atoms with Crippen LogP contribution in [0.4, 0.5) is 18.9 Å². The first-order valence-electron chi connectivity index (χ1n) is 5.36. The van der Waals surface area contributed by atoms with Crippen molar-refractivity contribution in [2.24, 2.45) is 0 Å². The van der Waals surface area contributed by atoms with Gasteiger partial charge in [0.05, 0.1) is 11.3 Å². The minimum Gasteiger partial charge on any atom is -0.319 e. The lowest BCUT2D eigenvalue weighted by atomic mass is 10.1. The number of carbonyl (C=O) groups excluding carboxylic acids is 1. The van der Waals surface area contributed by atoms with Crippen molar-refractivity contribution in [1.29, 1.82) is 0 Å². The number of benzene rings is 1. The van der Waals surface area contributed by atoms with Crippen LogP contribution in [0, 0.1) is 24.4 Å². The van der Waals surface area contributed by atoms with Crippen molar-refractivity contribution >= 4 is 11.6 Å². The molecule has 0 radical (unpaired) electrons. The zero-order valence-electron chi connectivity index (χ0n) is 9.88. The van der Waals surface area contributed by atoms with Gasteiger partial charge in [-0.2, -0.15) is 0 Å². The van der Waals surface area contributed by atoms with Crippen molar-refractivity contribution in [3.05, 3.63) is 59.2 Å². The highest BCUT2D eigenvalue weighted by atomic mass is 19.2. The molecular weight excluding hydrogens is 257 g/mol. The Bertz CT molecular complexity index is 644. The first kappa shape index (κ1) is 13.1. The number of amides is 1. The molecule has 0 saturated carbocycles. The second-order valence-corrected chi connectivity index (χ2v) is 3.87. The van der Waals surface area contributed by atoms with E-state index in [0.29, 0.717) is 5.56 Å². The second-order valence-electron chi connectivity index (χ2n) is 3.87. The zero-order valence-corrected chi connectivity index (χ0v) is 9.88. The lowest BCUT2D eigenvalue weighted by Crippen LogP contribution is -2.15. The van der Waals surface area contributed by atoms with Gasteiger partial charge in [-0.25, -0.2) is 13.2 Å². The normalized spacial score (nSPS) is 10.3. The van der Waals surface area contributed by atoms with Crippen molar-refractivity contribution < 1.29 is 18.0 Å². The van der Waals surface area contributed by atoms with Crippen molar-refractivity contribution in [3.8, 4) is 0 Å². The van der Waals surface area contributed by atoms with Crippen LogP contribution in [0.3, 0.4) is 0 Å². The number of nitrogens with zero attached hydrogens (tertiary/aromatic N) is 1. The van der Waals surface area contributed by atoms with E-state index >= 15 is 0 Å². The number of pyridine rings is 1. The fraction of sp³-hybridized carbons (Fsp3) is 0.0769. The Morgan fingerprint density at radius 3 is 2.58 bits per heavy atom. The van der Waals surface area contributed by atoms with E-state index in [-0.39, 0.29) is 5.56 Å². The van der Waals surface area contributed by atoms with E-state index in [1.807, 2.05) is 0 Å².